The molecule has 0 aromatic heterocycles. The summed E-state index contributed by atoms with van der Waals surface area (Å²) in [5.74, 6) is -0.382. The topological polar surface area (TPSA) is 199 Å². The Morgan fingerprint density at radius 3 is 2.39 bits per heavy atom. The smallest absolute Gasteiger partial charge is 0.333 e. The van der Waals surface area contributed by atoms with Gasteiger partial charge in [-0.25, -0.2) is 4.79 Å². The Hall–Kier alpha value is -1.19. The maximum Gasteiger partial charge on any atom is 0.333 e. The molecule has 46 heavy (non-hydrogen) atoms. The van der Waals surface area contributed by atoms with E-state index < -0.39 is 72.7 Å². The first-order valence-electron chi connectivity index (χ1n) is 17.2. The highest BCUT2D eigenvalue weighted by Crippen LogP contribution is 2.73. The number of carbonyl (C=O) groups excluding carboxylic acids is 1. The van der Waals surface area contributed by atoms with Gasteiger partial charge in [0.25, 0.3) is 0 Å². The van der Waals surface area contributed by atoms with Crippen LogP contribution in [-0.4, -0.2) is 121 Å². The van der Waals surface area contributed by atoms with Crippen molar-refractivity contribution in [3.05, 3.63) is 11.1 Å². The van der Waals surface area contributed by atoms with Crippen LogP contribution in [-0.2, 0) is 23.7 Å². The Labute approximate surface area is 269 Å². The minimum atomic E-state index is -1.59. The van der Waals surface area contributed by atoms with Gasteiger partial charge in [0.05, 0.1) is 31.0 Å². The number of epoxide rings is 1. The number of hydrogen-bond donors (Lipinski definition) is 7. The molecule has 7 rings (SSSR count). The average Bonchev–Trinajstić information content (AvgIpc) is 3.76. The maximum atomic E-state index is 12.6. The number of ether oxygens (including phenoxy) is 4. The molecule has 4 aliphatic carbocycles. The Kier molecular flexibility index (Phi) is 8.08. The van der Waals surface area contributed by atoms with Crippen molar-refractivity contribution >= 4 is 5.97 Å². The summed E-state index contributed by atoms with van der Waals surface area (Å²) < 4.78 is 23.8. The predicted octanol–water partition coefficient (Wildman–Crippen LogP) is 0.162. The SMILES string of the molecule is CC1=C(C)C(=O)O[C@H]([C@@H](C)[C@@H]2[C@H](O)C[C@H]3[C@H]4[C@H]5O[C@H]5[C@@]5(O)C[C@@H](O[C@H]6O[C@@H](CO)[C@@H](O)[C@@H](O)[C@H]6O)C[C@@H](O)[C@]5(C)[C@@H]4CC[C@]23C)C1. The zero-order chi connectivity index (χ0) is 33.2. The van der Waals surface area contributed by atoms with Crippen molar-refractivity contribution in [3.8, 4) is 0 Å². The van der Waals surface area contributed by atoms with Crippen LogP contribution in [0.5, 0.6) is 0 Å². The molecular weight excluding hydrogens is 600 g/mol. The first-order chi connectivity index (χ1) is 21.6. The summed E-state index contributed by atoms with van der Waals surface area (Å²) in [6.45, 7) is 9.48. The average molecular weight is 653 g/mol. The summed E-state index contributed by atoms with van der Waals surface area (Å²) in [5, 5.41) is 76.5. The molecule has 12 nitrogen and oxygen atoms in total. The molecule has 12 heteroatoms. The summed E-state index contributed by atoms with van der Waals surface area (Å²) >= 11 is 0. The van der Waals surface area contributed by atoms with Crippen molar-refractivity contribution in [1.82, 2.24) is 0 Å². The lowest BCUT2D eigenvalue weighted by molar-refractivity contribution is -0.329. The lowest BCUT2D eigenvalue weighted by Gasteiger charge is -2.64. The van der Waals surface area contributed by atoms with Crippen LogP contribution in [0.2, 0.25) is 0 Å². The van der Waals surface area contributed by atoms with Gasteiger partial charge in [-0.3, -0.25) is 0 Å². The zero-order valence-corrected chi connectivity index (χ0v) is 27.4. The largest absolute Gasteiger partial charge is 0.458 e. The Morgan fingerprint density at radius 2 is 1.72 bits per heavy atom. The summed E-state index contributed by atoms with van der Waals surface area (Å²) in [5.41, 5.74) is -0.927. The Morgan fingerprint density at radius 1 is 1.00 bits per heavy atom. The summed E-state index contributed by atoms with van der Waals surface area (Å²) in [4.78, 5) is 12.6. The van der Waals surface area contributed by atoms with Crippen molar-refractivity contribution in [2.24, 2.45) is 40.4 Å². The van der Waals surface area contributed by atoms with Gasteiger partial charge in [0.2, 0.25) is 0 Å². The third-order valence-electron chi connectivity index (χ3n) is 14.3. The maximum absolute atomic E-state index is 12.6. The van der Waals surface area contributed by atoms with Crippen molar-refractivity contribution in [3.63, 3.8) is 0 Å². The lowest BCUT2D eigenvalue weighted by atomic mass is 9.42. The molecule has 260 valence electrons. The van der Waals surface area contributed by atoms with Crippen LogP contribution >= 0.6 is 0 Å². The van der Waals surface area contributed by atoms with E-state index in [1.165, 1.54) is 0 Å². The van der Waals surface area contributed by atoms with Gasteiger partial charge in [-0.1, -0.05) is 26.3 Å². The van der Waals surface area contributed by atoms with Crippen molar-refractivity contribution in [2.45, 2.75) is 146 Å². The highest BCUT2D eigenvalue weighted by Gasteiger charge is 2.79. The van der Waals surface area contributed by atoms with E-state index >= 15 is 0 Å². The van der Waals surface area contributed by atoms with Gasteiger partial charge in [-0.05, 0) is 68.1 Å². The second kappa shape index (κ2) is 11.2. The molecule has 4 saturated carbocycles. The summed E-state index contributed by atoms with van der Waals surface area (Å²) in [6.07, 6.45) is -7.55. The van der Waals surface area contributed by atoms with E-state index in [4.69, 9.17) is 18.9 Å². The lowest BCUT2D eigenvalue weighted by Crippen LogP contribution is -2.71. The molecule has 0 aromatic rings. The molecule has 7 aliphatic rings. The van der Waals surface area contributed by atoms with Gasteiger partial charge in [0.15, 0.2) is 6.29 Å². The zero-order valence-electron chi connectivity index (χ0n) is 27.4. The highest BCUT2D eigenvalue weighted by molar-refractivity contribution is 5.89. The van der Waals surface area contributed by atoms with Gasteiger partial charge in [-0.2, -0.15) is 0 Å². The number of hydrogen-bond acceptors (Lipinski definition) is 12. The second-order valence-electron chi connectivity index (χ2n) is 16.2. The molecular formula is C34H52O12. The predicted molar refractivity (Wildman–Crippen MR) is 160 cm³/mol. The first-order valence-corrected chi connectivity index (χ1v) is 17.2. The second-order valence-corrected chi connectivity index (χ2v) is 16.2. The van der Waals surface area contributed by atoms with Crippen LogP contribution in [0.1, 0.15) is 73.1 Å². The quantitative estimate of drug-likeness (QED) is 0.121. The van der Waals surface area contributed by atoms with E-state index in [9.17, 15) is 40.5 Å². The van der Waals surface area contributed by atoms with Crippen LogP contribution in [0.4, 0.5) is 0 Å². The molecule has 3 heterocycles. The van der Waals surface area contributed by atoms with Crippen molar-refractivity contribution in [2.75, 3.05) is 6.61 Å². The molecule has 0 amide bonds. The van der Waals surface area contributed by atoms with E-state index in [0.717, 1.165) is 18.4 Å². The number of fused-ring (bicyclic) bond motifs is 8. The standard InChI is InChI=1S/C34H52O12/c1-13-8-20(44-30(41)14(13)2)15(3)24-19(36)10-18-23-17(6-7-32(18,24)4)33(5)22(37)9-16(11-34(33,42)29-28(23)46-29)43-31-27(40)26(39)25(38)21(12-35)45-31/h15-29,31,35-40,42H,6-12H2,1-5H3/t15-,16+,17-,18+,19-,20+,21+,22-,23+,24-,25-,26-,27-,28-,29-,31+,32+,33+,34+/m1/s1. The number of carbonyl (C=O) groups is 1. The number of esters is 1. The highest BCUT2D eigenvalue weighted by atomic mass is 16.7. The Bertz CT molecular complexity index is 1260. The van der Waals surface area contributed by atoms with E-state index in [0.29, 0.717) is 18.4 Å². The van der Waals surface area contributed by atoms with Crippen molar-refractivity contribution in [1.29, 1.82) is 0 Å². The van der Waals surface area contributed by atoms with E-state index in [2.05, 4.69) is 13.8 Å². The summed E-state index contributed by atoms with van der Waals surface area (Å²) in [7, 11) is 0. The molecule has 3 aliphatic heterocycles. The molecule has 19 atom stereocenters. The van der Waals surface area contributed by atoms with Gasteiger partial charge in [0.1, 0.15) is 42.2 Å². The van der Waals surface area contributed by atoms with Crippen LogP contribution in [0, 0.1) is 40.4 Å². The minimum absolute atomic E-state index is 0.0243. The monoisotopic (exact) mass is 652 g/mol. The molecule has 0 unspecified atom stereocenters. The van der Waals surface area contributed by atoms with Crippen LogP contribution in [0.15, 0.2) is 11.1 Å². The van der Waals surface area contributed by atoms with E-state index in [-0.39, 0.29) is 66.0 Å². The van der Waals surface area contributed by atoms with Gasteiger partial charge >= 0.3 is 5.97 Å². The molecule has 0 aromatic carbocycles. The molecule has 0 bridgehead atoms. The van der Waals surface area contributed by atoms with Crippen LogP contribution in [0.3, 0.4) is 0 Å². The third kappa shape index (κ3) is 4.51. The van der Waals surface area contributed by atoms with Gasteiger partial charge in [0, 0.05) is 30.3 Å². The number of aliphatic hydroxyl groups is 7. The van der Waals surface area contributed by atoms with Gasteiger partial charge < -0.3 is 54.7 Å². The van der Waals surface area contributed by atoms with Crippen molar-refractivity contribution < 1.29 is 59.5 Å². The minimum Gasteiger partial charge on any atom is -0.458 e. The van der Waals surface area contributed by atoms with Crippen LogP contribution < -0.4 is 0 Å². The molecule has 0 spiro atoms. The number of cyclic esters (lactones) is 1. The number of aliphatic hydroxyl groups excluding tert-OH is 6. The van der Waals surface area contributed by atoms with E-state index in [1.54, 1.807) is 6.92 Å². The molecule has 2 saturated heterocycles. The first kappa shape index (κ1) is 33.3. The van der Waals surface area contributed by atoms with E-state index in [1.807, 2.05) is 13.8 Å². The fraction of sp³-hybridized carbons (Fsp3) is 0.912. The number of rotatable bonds is 5. The normalized spacial score (nSPS) is 57.1. The molecule has 6 fully saturated rings. The van der Waals surface area contributed by atoms with Crippen LogP contribution in [0.25, 0.3) is 0 Å². The molecule has 0 radical (unpaired) electrons. The fourth-order valence-corrected chi connectivity index (χ4v) is 11.5. The fourth-order valence-electron chi connectivity index (χ4n) is 11.5. The molecule has 7 N–H and O–H groups in total. The van der Waals surface area contributed by atoms with Gasteiger partial charge in [-0.15, -0.1) is 0 Å². The third-order valence-corrected chi connectivity index (χ3v) is 14.3. The Balaban J connectivity index is 1.11. The summed E-state index contributed by atoms with van der Waals surface area (Å²) in [6, 6.07) is 0.